The summed E-state index contributed by atoms with van der Waals surface area (Å²) in [5.41, 5.74) is 1.77. The third-order valence-electron chi connectivity index (χ3n) is 4.78. The van der Waals surface area contributed by atoms with Gasteiger partial charge in [-0.25, -0.2) is 13.2 Å². The average Bonchev–Trinajstić information content (AvgIpc) is 2.89. The number of para-hydroxylation sites is 2. The number of aromatic amines is 1. The number of likely N-dealkylation sites (tertiary alicyclic amines) is 1. The Morgan fingerprint density at radius 2 is 1.88 bits per heavy atom. The number of H-pyrrole nitrogens is 1. The molecule has 1 fully saturated rings. The first kappa shape index (κ1) is 17.2. The maximum Gasteiger partial charge on any atom is 0.326 e. The Balaban J connectivity index is 1.63. The number of aromatic nitrogens is 2. The van der Waals surface area contributed by atoms with E-state index in [0.717, 1.165) is 37.0 Å². The van der Waals surface area contributed by atoms with Gasteiger partial charge in [-0.2, -0.15) is 0 Å². The molecule has 1 N–H and O–H groups in total. The molecule has 0 bridgehead atoms. The van der Waals surface area contributed by atoms with E-state index in [1.54, 1.807) is 0 Å². The van der Waals surface area contributed by atoms with Crippen LogP contribution >= 0.6 is 0 Å². The molecule has 2 heterocycles. The Morgan fingerprint density at radius 3 is 2.58 bits per heavy atom. The number of fused-ring (bicyclic) bond motifs is 1. The summed E-state index contributed by atoms with van der Waals surface area (Å²) < 4.78 is 25.5. The molecule has 7 heteroatoms. The van der Waals surface area contributed by atoms with Crippen molar-refractivity contribution in [3.63, 3.8) is 0 Å². The van der Waals surface area contributed by atoms with Gasteiger partial charge in [0, 0.05) is 31.4 Å². The Bertz CT molecular complexity index is 845. The molecule has 0 aliphatic carbocycles. The highest BCUT2D eigenvalue weighted by molar-refractivity contribution is 7.91. The van der Waals surface area contributed by atoms with Gasteiger partial charge in [-0.15, -0.1) is 0 Å². The van der Waals surface area contributed by atoms with Crippen LogP contribution in [0.5, 0.6) is 0 Å². The number of nitrogens with zero attached hydrogens (tertiary/aromatic N) is 2. The van der Waals surface area contributed by atoms with Gasteiger partial charge in [-0.3, -0.25) is 4.57 Å². The molecule has 0 amide bonds. The fourth-order valence-electron chi connectivity index (χ4n) is 3.52. The highest BCUT2D eigenvalue weighted by Gasteiger charge is 2.24. The predicted molar refractivity (Wildman–Crippen MR) is 96.2 cm³/mol. The largest absolute Gasteiger partial charge is 0.326 e. The number of rotatable bonds is 6. The van der Waals surface area contributed by atoms with Crippen molar-refractivity contribution in [1.82, 2.24) is 14.5 Å². The number of sulfone groups is 1. The molecule has 0 radical (unpaired) electrons. The molecule has 132 valence electrons. The summed E-state index contributed by atoms with van der Waals surface area (Å²) in [4.78, 5) is 17.4. The number of nitrogens with one attached hydrogen (secondary N) is 1. The van der Waals surface area contributed by atoms with E-state index in [0.29, 0.717) is 13.0 Å². The number of piperidine rings is 1. The third-order valence-corrected chi connectivity index (χ3v) is 6.61. The Hall–Kier alpha value is -1.60. The van der Waals surface area contributed by atoms with Crippen molar-refractivity contribution in [2.45, 2.75) is 32.2 Å². The van der Waals surface area contributed by atoms with Gasteiger partial charge in [-0.1, -0.05) is 19.1 Å². The van der Waals surface area contributed by atoms with Crippen molar-refractivity contribution in [1.29, 1.82) is 0 Å². The SMILES string of the molecule is CCCS(=O)(=O)CCN1CCC(n2c(=O)[nH]c3ccccc32)CC1. The predicted octanol–water partition coefficient (Wildman–Crippen LogP) is 1.79. The van der Waals surface area contributed by atoms with Gasteiger partial charge in [0.1, 0.15) is 0 Å². The Kier molecular flexibility index (Phi) is 5.10. The molecule has 6 nitrogen and oxygen atoms in total. The fraction of sp³-hybridized carbons (Fsp3) is 0.588. The molecule has 1 aromatic heterocycles. The van der Waals surface area contributed by atoms with Crippen molar-refractivity contribution in [3.05, 3.63) is 34.7 Å². The lowest BCUT2D eigenvalue weighted by Gasteiger charge is -2.32. The minimum atomic E-state index is -2.93. The van der Waals surface area contributed by atoms with Crippen LogP contribution in [0.25, 0.3) is 11.0 Å². The van der Waals surface area contributed by atoms with Crippen LogP contribution in [0, 0.1) is 0 Å². The van der Waals surface area contributed by atoms with E-state index in [1.165, 1.54) is 0 Å². The van der Waals surface area contributed by atoms with Crippen LogP contribution in [0.2, 0.25) is 0 Å². The molecule has 0 unspecified atom stereocenters. The minimum Gasteiger partial charge on any atom is -0.306 e. The van der Waals surface area contributed by atoms with Crippen LogP contribution in [-0.4, -0.2) is 54.0 Å². The van der Waals surface area contributed by atoms with E-state index < -0.39 is 9.84 Å². The van der Waals surface area contributed by atoms with E-state index >= 15 is 0 Å². The van der Waals surface area contributed by atoms with E-state index in [2.05, 4.69) is 9.88 Å². The van der Waals surface area contributed by atoms with Gasteiger partial charge in [0.2, 0.25) is 0 Å². The van der Waals surface area contributed by atoms with Crippen molar-refractivity contribution in [2.75, 3.05) is 31.1 Å². The maximum absolute atomic E-state index is 12.3. The van der Waals surface area contributed by atoms with Crippen molar-refractivity contribution < 1.29 is 8.42 Å². The van der Waals surface area contributed by atoms with E-state index in [-0.39, 0.29) is 23.2 Å². The molecular formula is C17H25N3O3S. The van der Waals surface area contributed by atoms with Crippen LogP contribution in [0.15, 0.2) is 29.1 Å². The van der Waals surface area contributed by atoms with Crippen LogP contribution in [0.3, 0.4) is 0 Å². The number of hydrogen-bond donors (Lipinski definition) is 1. The molecule has 24 heavy (non-hydrogen) atoms. The van der Waals surface area contributed by atoms with Gasteiger partial charge >= 0.3 is 5.69 Å². The molecule has 0 atom stereocenters. The van der Waals surface area contributed by atoms with Gasteiger partial charge in [0.15, 0.2) is 9.84 Å². The highest BCUT2D eigenvalue weighted by atomic mass is 32.2. The lowest BCUT2D eigenvalue weighted by Crippen LogP contribution is -2.39. The van der Waals surface area contributed by atoms with Crippen molar-refractivity contribution in [2.24, 2.45) is 0 Å². The number of benzene rings is 1. The normalized spacial score (nSPS) is 17.5. The van der Waals surface area contributed by atoms with E-state index in [9.17, 15) is 13.2 Å². The second-order valence-electron chi connectivity index (χ2n) is 6.54. The summed E-state index contributed by atoms with van der Waals surface area (Å²) in [5.74, 6) is 0.507. The van der Waals surface area contributed by atoms with Gasteiger partial charge in [0.25, 0.3) is 0 Å². The highest BCUT2D eigenvalue weighted by Crippen LogP contribution is 2.24. The zero-order valence-corrected chi connectivity index (χ0v) is 14.9. The molecule has 0 saturated carbocycles. The maximum atomic E-state index is 12.3. The van der Waals surface area contributed by atoms with Crippen molar-refractivity contribution in [3.8, 4) is 0 Å². The van der Waals surface area contributed by atoms with Crippen molar-refractivity contribution >= 4 is 20.9 Å². The number of hydrogen-bond acceptors (Lipinski definition) is 4. The molecule has 2 aromatic rings. The molecule has 3 rings (SSSR count). The van der Waals surface area contributed by atoms with E-state index in [4.69, 9.17) is 0 Å². The summed E-state index contributed by atoms with van der Waals surface area (Å²) in [5, 5.41) is 0. The standard InChI is InChI=1S/C17H25N3O3S/c1-2-12-24(22,23)13-11-19-9-7-14(8-10-19)20-16-6-4-3-5-15(16)18-17(20)21/h3-6,14H,2,7-13H2,1H3,(H,18,21). The zero-order chi connectivity index (χ0) is 17.2. The van der Waals surface area contributed by atoms with Gasteiger partial charge < -0.3 is 9.88 Å². The van der Waals surface area contributed by atoms with Gasteiger partial charge in [0.05, 0.1) is 16.8 Å². The summed E-state index contributed by atoms with van der Waals surface area (Å²) >= 11 is 0. The van der Waals surface area contributed by atoms with Gasteiger partial charge in [-0.05, 0) is 31.4 Å². The first-order valence-electron chi connectivity index (χ1n) is 8.62. The molecule has 0 spiro atoms. The summed E-state index contributed by atoms with van der Waals surface area (Å²) in [6.07, 6.45) is 2.42. The first-order chi connectivity index (χ1) is 11.5. The average molecular weight is 351 g/mol. The molecule has 1 aromatic carbocycles. The third kappa shape index (κ3) is 3.72. The molecule has 1 aliphatic heterocycles. The van der Waals surface area contributed by atoms with Crippen LogP contribution in [0.1, 0.15) is 32.2 Å². The van der Waals surface area contributed by atoms with E-state index in [1.807, 2.05) is 35.8 Å². The Morgan fingerprint density at radius 1 is 1.17 bits per heavy atom. The smallest absolute Gasteiger partial charge is 0.306 e. The number of imidazole rings is 1. The topological polar surface area (TPSA) is 75.2 Å². The quantitative estimate of drug-likeness (QED) is 0.861. The second kappa shape index (κ2) is 7.11. The minimum absolute atomic E-state index is 0.0554. The fourth-order valence-corrected chi connectivity index (χ4v) is 4.88. The zero-order valence-electron chi connectivity index (χ0n) is 14.1. The monoisotopic (exact) mass is 351 g/mol. The second-order valence-corrected chi connectivity index (χ2v) is 8.85. The first-order valence-corrected chi connectivity index (χ1v) is 10.4. The lowest BCUT2D eigenvalue weighted by atomic mass is 10.0. The van der Waals surface area contributed by atoms with Crippen LogP contribution in [-0.2, 0) is 9.84 Å². The Labute approximate surface area is 142 Å². The molecular weight excluding hydrogens is 326 g/mol. The molecule has 1 aliphatic rings. The lowest BCUT2D eigenvalue weighted by molar-refractivity contribution is 0.195. The summed E-state index contributed by atoms with van der Waals surface area (Å²) in [6.45, 7) is 4.15. The summed E-state index contributed by atoms with van der Waals surface area (Å²) in [7, 11) is -2.93. The molecule has 1 saturated heterocycles. The summed E-state index contributed by atoms with van der Waals surface area (Å²) in [6, 6.07) is 7.93. The van der Waals surface area contributed by atoms with Crippen LogP contribution < -0.4 is 5.69 Å². The van der Waals surface area contributed by atoms with Crippen LogP contribution in [0.4, 0.5) is 0 Å².